The summed E-state index contributed by atoms with van der Waals surface area (Å²) in [5, 5.41) is 3.30. The third-order valence-corrected chi connectivity index (χ3v) is 5.02. The van der Waals surface area contributed by atoms with Crippen LogP contribution in [0.2, 0.25) is 5.02 Å². The zero-order valence-electron chi connectivity index (χ0n) is 17.2. The molecule has 1 aliphatic rings. The van der Waals surface area contributed by atoms with E-state index in [1.54, 1.807) is 52.3 Å². The Morgan fingerprint density at radius 3 is 2.19 bits per heavy atom. The van der Waals surface area contributed by atoms with Gasteiger partial charge in [-0.2, -0.15) is 0 Å². The van der Waals surface area contributed by atoms with Gasteiger partial charge in [-0.1, -0.05) is 23.7 Å². The molecule has 0 radical (unpaired) electrons. The summed E-state index contributed by atoms with van der Waals surface area (Å²) in [6, 6.07) is 14.0. The van der Waals surface area contributed by atoms with Crippen LogP contribution < -0.4 is 10.1 Å². The van der Waals surface area contributed by atoms with Crippen LogP contribution in [-0.4, -0.2) is 60.3 Å². The molecule has 0 aliphatic carbocycles. The highest BCUT2D eigenvalue weighted by Gasteiger charge is 2.23. The Hall–Kier alpha value is -3.32. The van der Waals surface area contributed by atoms with E-state index in [0.29, 0.717) is 42.6 Å². The molecule has 1 aliphatic heterocycles. The average Bonchev–Trinajstić information content (AvgIpc) is 2.77. The predicted octanol–water partition coefficient (Wildman–Crippen LogP) is 3.06. The van der Waals surface area contributed by atoms with Crippen molar-refractivity contribution in [2.45, 2.75) is 6.92 Å². The minimum absolute atomic E-state index is 0.0516. The summed E-state index contributed by atoms with van der Waals surface area (Å²) in [6.07, 6.45) is 3.26. The van der Waals surface area contributed by atoms with Crippen molar-refractivity contribution in [1.29, 1.82) is 0 Å². The minimum Gasteiger partial charge on any atom is -0.484 e. The second kappa shape index (κ2) is 10.6. The smallest absolute Gasteiger partial charge is 0.260 e. The summed E-state index contributed by atoms with van der Waals surface area (Å²) < 4.78 is 5.50. The van der Waals surface area contributed by atoms with Crippen LogP contribution in [0.1, 0.15) is 12.5 Å². The normalized spacial score (nSPS) is 13.9. The first-order valence-electron chi connectivity index (χ1n) is 9.91. The molecule has 0 unspecified atom stereocenters. The van der Waals surface area contributed by atoms with Gasteiger partial charge in [-0.05, 0) is 48.0 Å². The van der Waals surface area contributed by atoms with Gasteiger partial charge in [-0.25, -0.2) is 0 Å². The molecule has 0 atom stereocenters. The Bertz CT molecular complexity index is 950. The molecule has 0 aromatic heterocycles. The molecule has 1 heterocycles. The predicted molar refractivity (Wildman–Crippen MR) is 120 cm³/mol. The quantitative estimate of drug-likeness (QED) is 0.699. The van der Waals surface area contributed by atoms with Crippen molar-refractivity contribution in [3.8, 4) is 5.75 Å². The SMILES string of the molecule is CC(=O)Nc1ccc(/C=C/C(=O)N2CCN(C(=O)COc3ccc(Cl)cc3)CC2)cc1. The highest BCUT2D eigenvalue weighted by Crippen LogP contribution is 2.16. The molecule has 0 spiro atoms. The Balaban J connectivity index is 1.43. The maximum atomic E-state index is 12.4. The van der Waals surface area contributed by atoms with E-state index in [2.05, 4.69) is 5.32 Å². The monoisotopic (exact) mass is 441 g/mol. The van der Waals surface area contributed by atoms with Crippen molar-refractivity contribution >= 4 is 41.1 Å². The van der Waals surface area contributed by atoms with Crippen molar-refractivity contribution in [3.05, 3.63) is 65.2 Å². The van der Waals surface area contributed by atoms with Crippen LogP contribution in [0.25, 0.3) is 6.08 Å². The van der Waals surface area contributed by atoms with E-state index < -0.39 is 0 Å². The van der Waals surface area contributed by atoms with Gasteiger partial charge in [0.1, 0.15) is 5.75 Å². The number of benzene rings is 2. The maximum Gasteiger partial charge on any atom is 0.260 e. The molecule has 31 heavy (non-hydrogen) atoms. The fraction of sp³-hybridized carbons (Fsp3) is 0.261. The van der Waals surface area contributed by atoms with Gasteiger partial charge >= 0.3 is 0 Å². The summed E-state index contributed by atoms with van der Waals surface area (Å²) in [5.41, 5.74) is 1.56. The first kappa shape index (κ1) is 22.4. The van der Waals surface area contributed by atoms with Crippen LogP contribution >= 0.6 is 11.6 Å². The van der Waals surface area contributed by atoms with Gasteiger partial charge in [0.05, 0.1) is 0 Å². The number of hydrogen-bond donors (Lipinski definition) is 1. The maximum absolute atomic E-state index is 12.4. The molecular formula is C23H24ClN3O4. The van der Waals surface area contributed by atoms with E-state index in [-0.39, 0.29) is 24.3 Å². The molecule has 3 rings (SSSR count). The molecule has 3 amide bonds. The van der Waals surface area contributed by atoms with Crippen LogP contribution in [0.4, 0.5) is 5.69 Å². The lowest BCUT2D eigenvalue weighted by atomic mass is 10.2. The highest BCUT2D eigenvalue weighted by molar-refractivity contribution is 6.30. The molecule has 0 bridgehead atoms. The van der Waals surface area contributed by atoms with Gasteiger partial charge in [-0.15, -0.1) is 0 Å². The fourth-order valence-electron chi connectivity index (χ4n) is 3.10. The number of nitrogens with one attached hydrogen (secondary N) is 1. The lowest BCUT2D eigenvalue weighted by Gasteiger charge is -2.34. The average molecular weight is 442 g/mol. The molecular weight excluding hydrogens is 418 g/mol. The van der Waals surface area contributed by atoms with E-state index in [1.807, 2.05) is 12.1 Å². The van der Waals surface area contributed by atoms with Gasteiger partial charge in [0, 0.05) is 49.9 Å². The van der Waals surface area contributed by atoms with Gasteiger partial charge in [0.25, 0.3) is 5.91 Å². The molecule has 8 heteroatoms. The lowest BCUT2D eigenvalue weighted by Crippen LogP contribution is -2.51. The Labute approximate surface area is 186 Å². The molecule has 0 saturated carbocycles. The van der Waals surface area contributed by atoms with E-state index >= 15 is 0 Å². The Morgan fingerprint density at radius 2 is 1.58 bits per heavy atom. The molecule has 162 valence electrons. The summed E-state index contributed by atoms with van der Waals surface area (Å²) in [5.74, 6) is 0.238. The van der Waals surface area contributed by atoms with Crippen molar-refractivity contribution in [3.63, 3.8) is 0 Å². The van der Waals surface area contributed by atoms with Gasteiger partial charge in [0.15, 0.2) is 6.61 Å². The molecule has 1 fully saturated rings. The number of rotatable bonds is 6. The van der Waals surface area contributed by atoms with Crippen LogP contribution in [0.15, 0.2) is 54.6 Å². The number of ether oxygens (including phenoxy) is 1. The van der Waals surface area contributed by atoms with Gasteiger partial charge in [-0.3, -0.25) is 14.4 Å². The van der Waals surface area contributed by atoms with Crippen molar-refractivity contribution < 1.29 is 19.1 Å². The summed E-state index contributed by atoms with van der Waals surface area (Å²) in [4.78, 5) is 39.3. The minimum atomic E-state index is -0.132. The number of amides is 3. The third-order valence-electron chi connectivity index (χ3n) is 4.77. The van der Waals surface area contributed by atoms with Crippen molar-refractivity contribution in [2.75, 3.05) is 38.1 Å². The first-order valence-corrected chi connectivity index (χ1v) is 10.3. The Kier molecular flexibility index (Phi) is 7.67. The fourth-order valence-corrected chi connectivity index (χ4v) is 3.22. The van der Waals surface area contributed by atoms with Crippen molar-refractivity contribution in [1.82, 2.24) is 9.80 Å². The van der Waals surface area contributed by atoms with E-state index in [1.165, 1.54) is 13.0 Å². The number of nitrogens with zero attached hydrogens (tertiary/aromatic N) is 2. The van der Waals surface area contributed by atoms with E-state index in [9.17, 15) is 14.4 Å². The number of hydrogen-bond acceptors (Lipinski definition) is 4. The van der Waals surface area contributed by atoms with Crippen LogP contribution in [0.5, 0.6) is 5.75 Å². The molecule has 2 aromatic rings. The summed E-state index contributed by atoms with van der Waals surface area (Å²) in [6.45, 7) is 3.27. The zero-order chi connectivity index (χ0) is 22.2. The van der Waals surface area contributed by atoms with Gasteiger partial charge < -0.3 is 19.9 Å². The third kappa shape index (κ3) is 6.86. The first-order chi connectivity index (χ1) is 14.9. The van der Waals surface area contributed by atoms with Crippen LogP contribution in [0, 0.1) is 0 Å². The van der Waals surface area contributed by atoms with Crippen molar-refractivity contribution in [2.24, 2.45) is 0 Å². The van der Waals surface area contributed by atoms with Crippen LogP contribution in [-0.2, 0) is 14.4 Å². The second-order valence-corrected chi connectivity index (χ2v) is 7.52. The largest absolute Gasteiger partial charge is 0.484 e. The topological polar surface area (TPSA) is 79.0 Å². The Morgan fingerprint density at radius 1 is 0.968 bits per heavy atom. The zero-order valence-corrected chi connectivity index (χ0v) is 18.0. The second-order valence-electron chi connectivity index (χ2n) is 7.09. The molecule has 1 N–H and O–H groups in total. The highest BCUT2D eigenvalue weighted by atomic mass is 35.5. The molecule has 1 saturated heterocycles. The number of anilines is 1. The number of carbonyl (C=O) groups excluding carboxylic acids is 3. The molecule has 2 aromatic carbocycles. The standard InChI is InChI=1S/C23H24ClN3O4/c1-17(28)25-20-7-2-18(3-8-20)4-11-22(29)26-12-14-27(15-13-26)23(30)16-31-21-9-5-19(24)6-10-21/h2-11H,12-16H2,1H3,(H,25,28)/b11-4+. The summed E-state index contributed by atoms with van der Waals surface area (Å²) in [7, 11) is 0. The molecule has 7 nitrogen and oxygen atoms in total. The van der Waals surface area contributed by atoms with Gasteiger partial charge in [0.2, 0.25) is 11.8 Å². The summed E-state index contributed by atoms with van der Waals surface area (Å²) >= 11 is 5.83. The number of halogens is 1. The lowest BCUT2D eigenvalue weighted by molar-refractivity contribution is -0.138. The number of carbonyl (C=O) groups is 3. The van der Waals surface area contributed by atoms with E-state index in [4.69, 9.17) is 16.3 Å². The van der Waals surface area contributed by atoms with Crippen LogP contribution in [0.3, 0.4) is 0 Å². The number of piperazine rings is 1. The van der Waals surface area contributed by atoms with E-state index in [0.717, 1.165) is 5.56 Å².